The minimum absolute atomic E-state index is 0.0293. The van der Waals surface area contributed by atoms with E-state index in [0.29, 0.717) is 39.1 Å². The molecular weight excluding hydrogens is 282 g/mol. The molecule has 2 heterocycles. The second-order valence-corrected chi connectivity index (χ2v) is 5.95. The van der Waals surface area contributed by atoms with E-state index in [9.17, 15) is 14.4 Å². The Morgan fingerprint density at radius 1 is 1.15 bits per heavy atom. The Bertz CT molecular complexity index is 396. The predicted octanol–water partition coefficient (Wildman–Crippen LogP) is -0.226. The Hall–Kier alpha value is -1.28. The molecule has 0 radical (unpaired) electrons. The number of carboxylic acids is 1. The van der Waals surface area contributed by atoms with E-state index in [0.717, 1.165) is 12.3 Å². The summed E-state index contributed by atoms with van der Waals surface area (Å²) in [6, 6.07) is 0. The summed E-state index contributed by atoms with van der Waals surface area (Å²) in [7, 11) is 0. The maximum Gasteiger partial charge on any atom is 0.317 e. The molecule has 2 amide bonds. The van der Waals surface area contributed by atoms with Crippen LogP contribution in [0.25, 0.3) is 0 Å². The molecule has 0 bridgehead atoms. The van der Waals surface area contributed by atoms with Gasteiger partial charge in [-0.1, -0.05) is 11.8 Å². The van der Waals surface area contributed by atoms with Crippen LogP contribution in [0.5, 0.6) is 0 Å². The van der Waals surface area contributed by atoms with Crippen molar-refractivity contribution in [3.05, 3.63) is 0 Å². The van der Waals surface area contributed by atoms with Crippen molar-refractivity contribution < 1.29 is 19.5 Å². The van der Waals surface area contributed by atoms with Gasteiger partial charge in [-0.25, -0.2) is 0 Å². The van der Waals surface area contributed by atoms with Gasteiger partial charge in [0.25, 0.3) is 5.24 Å². The minimum atomic E-state index is -0.838. The van der Waals surface area contributed by atoms with E-state index in [1.54, 1.807) is 9.80 Å². The highest BCUT2D eigenvalue weighted by atomic mass is 32.2. The van der Waals surface area contributed by atoms with E-state index in [1.165, 1.54) is 11.8 Å². The number of carbonyl (C=O) groups is 3. The number of carboxylic acid groups (broad SMARTS) is 1. The van der Waals surface area contributed by atoms with Gasteiger partial charge in [0.1, 0.15) is 0 Å². The Morgan fingerprint density at radius 3 is 2.40 bits per heavy atom. The maximum absolute atomic E-state index is 12.0. The molecule has 7 nitrogen and oxygen atoms in total. The van der Waals surface area contributed by atoms with E-state index < -0.39 is 5.97 Å². The average molecular weight is 301 g/mol. The fourth-order valence-electron chi connectivity index (χ4n) is 2.36. The molecule has 2 aliphatic rings. The summed E-state index contributed by atoms with van der Waals surface area (Å²) in [5.74, 6) is 0.0143. The average Bonchev–Trinajstić information content (AvgIpc) is 2.82. The highest BCUT2D eigenvalue weighted by Gasteiger charge is 2.25. The number of hydrogen-bond donors (Lipinski definition) is 1. The second-order valence-electron chi connectivity index (χ2n) is 4.90. The second kappa shape index (κ2) is 6.94. The Kier molecular flexibility index (Phi) is 5.24. The molecule has 0 saturated carbocycles. The Morgan fingerprint density at radius 2 is 1.85 bits per heavy atom. The van der Waals surface area contributed by atoms with Gasteiger partial charge in [0, 0.05) is 51.4 Å². The van der Waals surface area contributed by atoms with Gasteiger partial charge in [-0.15, -0.1) is 0 Å². The number of thioether (sulfide) groups is 1. The Labute approximate surface area is 121 Å². The van der Waals surface area contributed by atoms with Gasteiger partial charge in [-0.2, -0.15) is 0 Å². The van der Waals surface area contributed by atoms with Gasteiger partial charge in [-0.05, 0) is 0 Å². The molecule has 112 valence electrons. The summed E-state index contributed by atoms with van der Waals surface area (Å²) in [5.41, 5.74) is 0. The van der Waals surface area contributed by atoms with Crippen molar-refractivity contribution >= 4 is 28.9 Å². The molecule has 1 N–H and O–H groups in total. The summed E-state index contributed by atoms with van der Waals surface area (Å²) in [4.78, 5) is 39.3. The monoisotopic (exact) mass is 301 g/mol. The number of amides is 2. The summed E-state index contributed by atoms with van der Waals surface area (Å²) >= 11 is 1.30. The van der Waals surface area contributed by atoms with Gasteiger partial charge in [0.05, 0.1) is 6.54 Å². The Balaban J connectivity index is 1.69. The number of piperazine rings is 1. The lowest BCUT2D eigenvalue weighted by molar-refractivity contribution is -0.139. The first kappa shape index (κ1) is 15.1. The first-order valence-corrected chi connectivity index (χ1v) is 7.68. The topological polar surface area (TPSA) is 81.2 Å². The molecule has 2 rings (SSSR count). The molecule has 0 spiro atoms. The number of rotatable bonds is 5. The molecule has 0 aliphatic carbocycles. The summed E-state index contributed by atoms with van der Waals surface area (Å²) in [6.07, 6.45) is 0.352. The van der Waals surface area contributed by atoms with Crippen LogP contribution in [0.4, 0.5) is 4.79 Å². The van der Waals surface area contributed by atoms with Crippen LogP contribution in [0.1, 0.15) is 6.42 Å². The standard InChI is InChI=1S/C12H19N3O4S/c16-10(1-2-15-7-8-20-12(15)19)14-5-3-13(4-6-14)9-11(17)18/h1-9H2,(H,17,18). The van der Waals surface area contributed by atoms with E-state index >= 15 is 0 Å². The third-order valence-electron chi connectivity index (χ3n) is 3.52. The molecule has 0 unspecified atom stereocenters. The van der Waals surface area contributed by atoms with Crippen LogP contribution < -0.4 is 0 Å². The van der Waals surface area contributed by atoms with E-state index in [1.807, 2.05) is 4.90 Å². The van der Waals surface area contributed by atoms with Crippen LogP contribution in [0.15, 0.2) is 0 Å². The van der Waals surface area contributed by atoms with Crippen molar-refractivity contribution in [3.8, 4) is 0 Å². The van der Waals surface area contributed by atoms with Gasteiger partial charge in [0.15, 0.2) is 0 Å². The van der Waals surface area contributed by atoms with Crippen molar-refractivity contribution in [3.63, 3.8) is 0 Å². The number of hydrogen-bond acceptors (Lipinski definition) is 5. The first-order valence-electron chi connectivity index (χ1n) is 6.70. The van der Waals surface area contributed by atoms with Crippen LogP contribution in [0.3, 0.4) is 0 Å². The predicted molar refractivity (Wildman–Crippen MR) is 74.7 cm³/mol. The molecule has 8 heteroatoms. The quantitative estimate of drug-likeness (QED) is 0.756. The summed E-state index contributed by atoms with van der Waals surface area (Å²) in [6.45, 7) is 3.56. The number of carbonyl (C=O) groups excluding carboxylic acids is 2. The van der Waals surface area contributed by atoms with Crippen LogP contribution in [-0.4, -0.2) is 88.5 Å². The van der Waals surface area contributed by atoms with Gasteiger partial charge in [0.2, 0.25) is 5.91 Å². The minimum Gasteiger partial charge on any atom is -0.480 e. The largest absolute Gasteiger partial charge is 0.480 e. The van der Waals surface area contributed by atoms with Gasteiger partial charge in [-0.3, -0.25) is 19.3 Å². The van der Waals surface area contributed by atoms with Crippen LogP contribution in [0, 0.1) is 0 Å². The normalized spacial score (nSPS) is 20.5. The molecule has 2 aliphatic heterocycles. The molecule has 2 fully saturated rings. The highest BCUT2D eigenvalue weighted by Crippen LogP contribution is 2.17. The van der Waals surface area contributed by atoms with Crippen molar-refractivity contribution in [2.24, 2.45) is 0 Å². The zero-order valence-electron chi connectivity index (χ0n) is 11.3. The van der Waals surface area contributed by atoms with Crippen molar-refractivity contribution in [2.45, 2.75) is 6.42 Å². The molecule has 0 atom stereocenters. The van der Waals surface area contributed by atoms with E-state index in [-0.39, 0.29) is 17.7 Å². The molecule has 20 heavy (non-hydrogen) atoms. The molecule has 2 saturated heterocycles. The SMILES string of the molecule is O=C(O)CN1CCN(C(=O)CCN2CCSC2=O)CC1. The van der Waals surface area contributed by atoms with Crippen LogP contribution in [0.2, 0.25) is 0 Å². The fourth-order valence-corrected chi connectivity index (χ4v) is 3.22. The zero-order chi connectivity index (χ0) is 14.5. The van der Waals surface area contributed by atoms with Crippen LogP contribution in [-0.2, 0) is 9.59 Å². The fraction of sp³-hybridized carbons (Fsp3) is 0.750. The van der Waals surface area contributed by atoms with E-state index in [4.69, 9.17) is 5.11 Å². The zero-order valence-corrected chi connectivity index (χ0v) is 12.1. The van der Waals surface area contributed by atoms with Gasteiger partial charge >= 0.3 is 5.97 Å². The van der Waals surface area contributed by atoms with Crippen LogP contribution >= 0.6 is 11.8 Å². The summed E-state index contributed by atoms with van der Waals surface area (Å²) in [5, 5.41) is 8.77. The smallest absolute Gasteiger partial charge is 0.317 e. The maximum atomic E-state index is 12.0. The lowest BCUT2D eigenvalue weighted by atomic mass is 10.2. The third kappa shape index (κ3) is 4.11. The highest BCUT2D eigenvalue weighted by molar-refractivity contribution is 8.13. The lowest BCUT2D eigenvalue weighted by Crippen LogP contribution is -2.50. The third-order valence-corrected chi connectivity index (χ3v) is 4.42. The molecule has 0 aromatic carbocycles. The lowest BCUT2D eigenvalue weighted by Gasteiger charge is -2.34. The van der Waals surface area contributed by atoms with Crippen molar-refractivity contribution in [2.75, 3.05) is 51.6 Å². The van der Waals surface area contributed by atoms with E-state index in [2.05, 4.69) is 0 Å². The van der Waals surface area contributed by atoms with Crippen molar-refractivity contribution in [1.29, 1.82) is 0 Å². The molecule has 0 aromatic heterocycles. The number of aliphatic carboxylic acids is 1. The molecule has 0 aromatic rings. The first-order chi connectivity index (χ1) is 9.56. The van der Waals surface area contributed by atoms with Gasteiger partial charge < -0.3 is 14.9 Å². The molecular formula is C12H19N3O4S. The van der Waals surface area contributed by atoms with Crippen molar-refractivity contribution in [1.82, 2.24) is 14.7 Å². The summed E-state index contributed by atoms with van der Waals surface area (Å²) < 4.78 is 0. The number of nitrogens with zero attached hydrogens (tertiary/aromatic N) is 3.